The molecule has 2 aliphatic heterocycles. The number of benzene rings is 1. The minimum atomic E-state index is -1.18. The maximum atomic E-state index is 14.6. The van der Waals surface area contributed by atoms with Gasteiger partial charge in [0.05, 0.1) is 29.8 Å². The molecule has 0 radical (unpaired) electrons. The average molecular weight is 411 g/mol. The number of rotatable bonds is 4. The van der Waals surface area contributed by atoms with Crippen LogP contribution < -0.4 is 10.1 Å². The van der Waals surface area contributed by atoms with Crippen molar-refractivity contribution >= 4 is 0 Å². The first-order chi connectivity index (χ1) is 14.4. The number of aromatic nitrogens is 4. The van der Waals surface area contributed by atoms with Crippen LogP contribution in [0.15, 0.2) is 54.9 Å². The van der Waals surface area contributed by atoms with Crippen LogP contribution in [0.1, 0.15) is 13.3 Å². The number of alkyl halides is 1. The number of aromatic hydroxyl groups is 1. The Morgan fingerprint density at radius 1 is 1.27 bits per heavy atom. The minimum Gasteiger partial charge on any atom is -0.507 e. The molecule has 4 heterocycles. The fourth-order valence-corrected chi connectivity index (χ4v) is 3.98. The molecule has 30 heavy (non-hydrogen) atoms. The molecule has 0 spiro atoms. The van der Waals surface area contributed by atoms with Gasteiger partial charge in [-0.15, -0.1) is 10.2 Å². The first kappa shape index (κ1) is 18.7. The van der Waals surface area contributed by atoms with Gasteiger partial charge in [0, 0.05) is 29.7 Å². The lowest BCUT2D eigenvalue weighted by molar-refractivity contribution is 0.0295. The van der Waals surface area contributed by atoms with Crippen molar-refractivity contribution in [1.29, 1.82) is 0 Å². The molecule has 1 aromatic carbocycles. The van der Waals surface area contributed by atoms with Crippen molar-refractivity contribution in [1.82, 2.24) is 25.3 Å². The second-order valence-corrected chi connectivity index (χ2v) is 7.81. The summed E-state index contributed by atoms with van der Waals surface area (Å²) in [5, 5.41) is 25.6. The van der Waals surface area contributed by atoms with Gasteiger partial charge in [-0.2, -0.15) is 5.10 Å². The number of hydrogen-bond acceptors (Lipinski definition) is 6. The van der Waals surface area contributed by atoms with E-state index >= 15 is 0 Å². The number of hydrogen-bond donors (Lipinski definition) is 2. The highest BCUT2D eigenvalue weighted by molar-refractivity contribution is 5.68. The number of ether oxygens (including phenoxy) is 1. The molecule has 9 heteroatoms. The van der Waals surface area contributed by atoms with Gasteiger partial charge in [0.1, 0.15) is 11.9 Å². The van der Waals surface area contributed by atoms with E-state index in [-0.39, 0.29) is 23.2 Å². The second-order valence-electron chi connectivity index (χ2n) is 7.81. The number of phenolic OH excluding ortho intramolecular Hbond substituents is 1. The lowest BCUT2D eigenvalue weighted by Crippen LogP contribution is -2.57. The fraction of sp³-hybridized carbons (Fsp3) is 0.286. The van der Waals surface area contributed by atoms with Gasteiger partial charge < -0.3 is 9.84 Å². The zero-order chi connectivity index (χ0) is 20.9. The first-order valence-electron chi connectivity index (χ1n) is 9.56. The van der Waals surface area contributed by atoms with Gasteiger partial charge in [-0.25, -0.2) is 13.5 Å². The molecule has 2 aromatic heterocycles. The summed E-state index contributed by atoms with van der Waals surface area (Å²) in [7, 11) is 0. The van der Waals surface area contributed by atoms with Crippen molar-refractivity contribution in [2.24, 2.45) is 0 Å². The van der Waals surface area contributed by atoms with Gasteiger partial charge in [0.15, 0.2) is 12.0 Å². The molecule has 1 saturated heterocycles. The number of nitrogens with one attached hydrogen (secondary N) is 1. The van der Waals surface area contributed by atoms with Crippen LogP contribution in [-0.4, -0.2) is 48.9 Å². The Morgan fingerprint density at radius 3 is 2.83 bits per heavy atom. The highest BCUT2D eigenvalue weighted by atomic mass is 19.1. The Hall–Kier alpha value is -3.33. The number of phenols is 1. The van der Waals surface area contributed by atoms with E-state index in [4.69, 9.17) is 4.74 Å². The molecule has 2 N–H and O–H groups in total. The van der Waals surface area contributed by atoms with E-state index in [9.17, 15) is 13.9 Å². The van der Waals surface area contributed by atoms with Crippen molar-refractivity contribution < 1.29 is 18.6 Å². The van der Waals surface area contributed by atoms with E-state index in [0.717, 1.165) is 6.20 Å². The molecule has 4 atom stereocenters. The summed E-state index contributed by atoms with van der Waals surface area (Å²) < 4.78 is 34.9. The van der Waals surface area contributed by atoms with Crippen LogP contribution in [0.25, 0.3) is 16.9 Å². The van der Waals surface area contributed by atoms with E-state index in [2.05, 4.69) is 20.6 Å². The van der Waals surface area contributed by atoms with Crippen molar-refractivity contribution in [2.45, 2.75) is 37.2 Å². The Balaban J connectivity index is 1.33. The molecule has 2 aliphatic rings. The first-order valence-corrected chi connectivity index (χ1v) is 9.56. The summed E-state index contributed by atoms with van der Waals surface area (Å²) in [4.78, 5) is 0. The zero-order valence-corrected chi connectivity index (χ0v) is 16.0. The largest absolute Gasteiger partial charge is 0.507 e. The van der Waals surface area contributed by atoms with Crippen molar-refractivity contribution in [3.63, 3.8) is 0 Å². The molecule has 7 nitrogen and oxygen atoms in total. The Labute approximate surface area is 171 Å². The molecule has 2 bridgehead atoms. The number of fused-ring (bicyclic) bond motifs is 2. The number of nitrogens with zero attached hydrogens (tertiary/aromatic N) is 4. The third kappa shape index (κ3) is 3.30. The van der Waals surface area contributed by atoms with E-state index in [1.807, 2.05) is 19.1 Å². The highest BCUT2D eigenvalue weighted by Gasteiger charge is 2.46. The molecule has 0 saturated carbocycles. The predicted octanol–water partition coefficient (Wildman–Crippen LogP) is 2.95. The summed E-state index contributed by atoms with van der Waals surface area (Å²) in [6.07, 6.45) is 4.80. The Kier molecular flexibility index (Phi) is 4.28. The zero-order valence-electron chi connectivity index (χ0n) is 16.0. The normalized spacial score (nSPS) is 27.4. The van der Waals surface area contributed by atoms with E-state index in [1.54, 1.807) is 24.3 Å². The lowest BCUT2D eigenvalue weighted by atomic mass is 9.90. The molecule has 3 aromatic rings. The number of halogens is 2. The van der Waals surface area contributed by atoms with E-state index < -0.39 is 18.1 Å². The van der Waals surface area contributed by atoms with Crippen molar-refractivity contribution in [2.75, 3.05) is 0 Å². The number of piperidine rings is 1. The van der Waals surface area contributed by atoms with E-state index in [0.29, 0.717) is 23.4 Å². The quantitative estimate of drug-likeness (QED) is 0.642. The predicted molar refractivity (Wildman–Crippen MR) is 105 cm³/mol. The summed E-state index contributed by atoms with van der Waals surface area (Å²) in [6, 6.07) is 7.67. The summed E-state index contributed by atoms with van der Waals surface area (Å²) >= 11 is 0. The molecule has 0 amide bonds. The van der Waals surface area contributed by atoms with Gasteiger partial charge in [-0.05, 0) is 25.1 Å². The van der Waals surface area contributed by atoms with Gasteiger partial charge in [0.25, 0.3) is 0 Å². The average Bonchev–Trinajstić information content (AvgIpc) is 3.31. The van der Waals surface area contributed by atoms with Crippen LogP contribution in [-0.2, 0) is 0 Å². The van der Waals surface area contributed by atoms with Gasteiger partial charge in [-0.3, -0.25) is 5.32 Å². The minimum absolute atomic E-state index is 0.0517. The van der Waals surface area contributed by atoms with Gasteiger partial charge >= 0.3 is 0 Å². The van der Waals surface area contributed by atoms with Crippen LogP contribution in [0.2, 0.25) is 0 Å². The van der Waals surface area contributed by atoms with Crippen LogP contribution >= 0.6 is 0 Å². The molecular formula is C21H19F2N5O2. The summed E-state index contributed by atoms with van der Waals surface area (Å²) in [6.45, 7) is 2.00. The molecule has 5 rings (SSSR count). The van der Waals surface area contributed by atoms with Crippen LogP contribution in [0, 0.1) is 5.82 Å². The SMILES string of the molecule is C[C@@]12C=C[C@@H](N1)[C@@H](F)[C@@H](Oc1ccc(-c3ccc(-n4cc(F)cn4)cc3O)nn1)C2. The molecule has 154 valence electrons. The monoisotopic (exact) mass is 411 g/mol. The van der Waals surface area contributed by atoms with E-state index in [1.165, 1.54) is 16.9 Å². The highest BCUT2D eigenvalue weighted by Crippen LogP contribution is 2.34. The molecule has 0 unspecified atom stereocenters. The van der Waals surface area contributed by atoms with Crippen LogP contribution in [0.4, 0.5) is 8.78 Å². The lowest BCUT2D eigenvalue weighted by Gasteiger charge is -2.38. The fourth-order valence-electron chi connectivity index (χ4n) is 3.98. The van der Waals surface area contributed by atoms with Gasteiger partial charge in [-0.1, -0.05) is 12.2 Å². The third-order valence-corrected chi connectivity index (χ3v) is 5.48. The smallest absolute Gasteiger partial charge is 0.233 e. The van der Waals surface area contributed by atoms with Crippen molar-refractivity contribution in [3.05, 3.63) is 60.7 Å². The summed E-state index contributed by atoms with van der Waals surface area (Å²) in [5.74, 6) is -0.300. The Morgan fingerprint density at radius 2 is 2.13 bits per heavy atom. The molecular weight excluding hydrogens is 392 g/mol. The van der Waals surface area contributed by atoms with Gasteiger partial charge in [0.2, 0.25) is 5.88 Å². The third-order valence-electron chi connectivity index (χ3n) is 5.48. The molecule has 0 aliphatic carbocycles. The Bertz CT molecular complexity index is 1120. The van der Waals surface area contributed by atoms with Crippen molar-refractivity contribution in [3.8, 4) is 28.6 Å². The van der Waals surface area contributed by atoms with Crippen LogP contribution in [0.3, 0.4) is 0 Å². The second kappa shape index (κ2) is 6.88. The summed E-state index contributed by atoms with van der Waals surface area (Å²) in [5.41, 5.74) is 1.10. The topological polar surface area (TPSA) is 85.1 Å². The standard InChI is InChI=1S/C21H19F2N5O2/c1-21-7-6-16(25-21)20(23)18(9-21)30-19-5-4-15(26-27-19)14-3-2-13(8-17(14)29)28-11-12(22)10-24-28/h2-8,10-11,16,18,20,25,29H,9H2,1H3/t16-,18+,20-,21+/m1/s1. The maximum Gasteiger partial charge on any atom is 0.233 e. The van der Waals surface area contributed by atoms with Crippen LogP contribution in [0.5, 0.6) is 11.6 Å². The maximum absolute atomic E-state index is 14.6. The molecule has 1 fully saturated rings.